The van der Waals surface area contributed by atoms with Gasteiger partial charge >= 0.3 is 6.09 Å². The first-order valence-electron chi connectivity index (χ1n) is 6.09. The van der Waals surface area contributed by atoms with Crippen LogP contribution in [-0.4, -0.2) is 24.0 Å². The summed E-state index contributed by atoms with van der Waals surface area (Å²) < 4.78 is 31.1. The van der Waals surface area contributed by atoms with Crippen molar-refractivity contribution in [3.8, 4) is 0 Å². The Hall–Kier alpha value is -1.98. The molecule has 0 aliphatic rings. The number of carbonyl (C=O) groups is 2. The van der Waals surface area contributed by atoms with E-state index in [2.05, 4.69) is 5.32 Å². The fourth-order valence-electron chi connectivity index (χ4n) is 1.57. The van der Waals surface area contributed by atoms with E-state index in [4.69, 9.17) is 4.74 Å². The van der Waals surface area contributed by atoms with Gasteiger partial charge in [-0.25, -0.2) is 13.6 Å². The Morgan fingerprint density at radius 3 is 2.30 bits per heavy atom. The Morgan fingerprint density at radius 2 is 1.85 bits per heavy atom. The van der Waals surface area contributed by atoms with Crippen molar-refractivity contribution in [1.82, 2.24) is 5.32 Å². The number of alkyl carbamates (subject to hydrolysis) is 1. The van der Waals surface area contributed by atoms with Gasteiger partial charge in [0.1, 0.15) is 23.5 Å². The molecule has 0 heterocycles. The second-order valence-corrected chi connectivity index (χ2v) is 5.37. The van der Waals surface area contributed by atoms with E-state index in [1.54, 1.807) is 20.8 Å². The Labute approximate surface area is 116 Å². The van der Waals surface area contributed by atoms with E-state index in [0.29, 0.717) is 6.29 Å². The van der Waals surface area contributed by atoms with E-state index >= 15 is 0 Å². The van der Waals surface area contributed by atoms with Crippen molar-refractivity contribution in [2.24, 2.45) is 0 Å². The molecule has 0 radical (unpaired) electrons. The summed E-state index contributed by atoms with van der Waals surface area (Å²) in [6.45, 7) is 5.05. The maximum Gasteiger partial charge on any atom is 0.408 e. The molecule has 1 unspecified atom stereocenters. The molecule has 0 spiro atoms. The van der Waals surface area contributed by atoms with Gasteiger partial charge in [0.05, 0.1) is 6.04 Å². The highest BCUT2D eigenvalue weighted by Crippen LogP contribution is 2.11. The fourth-order valence-corrected chi connectivity index (χ4v) is 1.57. The van der Waals surface area contributed by atoms with E-state index in [1.165, 1.54) is 0 Å². The molecule has 0 fully saturated rings. The summed E-state index contributed by atoms with van der Waals surface area (Å²) in [5.74, 6) is -1.47. The zero-order chi connectivity index (χ0) is 15.3. The van der Waals surface area contributed by atoms with Crippen LogP contribution in [0.1, 0.15) is 26.3 Å². The number of nitrogens with one attached hydrogen (secondary N) is 1. The highest BCUT2D eigenvalue weighted by molar-refractivity contribution is 5.73. The van der Waals surface area contributed by atoms with Gasteiger partial charge in [-0.05, 0) is 44.9 Å². The minimum atomic E-state index is -0.911. The molecular formula is C14H17F2NO3. The van der Waals surface area contributed by atoms with Crippen molar-refractivity contribution in [3.63, 3.8) is 0 Å². The maximum absolute atomic E-state index is 13.0. The third-order valence-corrected chi connectivity index (χ3v) is 2.24. The van der Waals surface area contributed by atoms with E-state index in [-0.39, 0.29) is 12.0 Å². The van der Waals surface area contributed by atoms with Crippen LogP contribution in [0.4, 0.5) is 13.6 Å². The Kier molecular flexibility index (Phi) is 5.19. The summed E-state index contributed by atoms with van der Waals surface area (Å²) in [6.07, 6.45) is -0.282. The van der Waals surface area contributed by atoms with E-state index in [9.17, 15) is 18.4 Å². The van der Waals surface area contributed by atoms with Gasteiger partial charge in [0.25, 0.3) is 0 Å². The first-order chi connectivity index (χ1) is 9.19. The van der Waals surface area contributed by atoms with Crippen LogP contribution in [0.3, 0.4) is 0 Å². The van der Waals surface area contributed by atoms with Gasteiger partial charge in [0.15, 0.2) is 0 Å². The summed E-state index contributed by atoms with van der Waals surface area (Å²) in [6, 6.07) is 2.04. The molecule has 20 heavy (non-hydrogen) atoms. The van der Waals surface area contributed by atoms with Crippen LogP contribution in [0.5, 0.6) is 0 Å². The van der Waals surface area contributed by atoms with Crippen LogP contribution in [-0.2, 0) is 16.0 Å². The predicted octanol–water partition coefficient (Wildman–Crippen LogP) is 2.60. The summed E-state index contributed by atoms with van der Waals surface area (Å²) in [7, 11) is 0. The standard InChI is InChI=1S/C14H17F2NO3/c1-14(2,3)20-13(19)17-12(8-18)6-9-4-10(15)7-11(16)5-9/h4-5,7-8,12H,6H2,1-3H3,(H,17,19). The molecule has 1 atom stereocenters. The molecule has 0 aliphatic carbocycles. The van der Waals surface area contributed by atoms with Crippen LogP contribution in [0.15, 0.2) is 18.2 Å². The maximum atomic E-state index is 13.0. The number of rotatable bonds is 4. The number of halogens is 2. The number of hydrogen-bond donors (Lipinski definition) is 1. The second-order valence-electron chi connectivity index (χ2n) is 5.37. The van der Waals surface area contributed by atoms with Gasteiger partial charge in [-0.1, -0.05) is 0 Å². The van der Waals surface area contributed by atoms with E-state index in [1.807, 2.05) is 0 Å². The minimum absolute atomic E-state index is 0.0164. The van der Waals surface area contributed by atoms with Crippen LogP contribution in [0.25, 0.3) is 0 Å². The van der Waals surface area contributed by atoms with E-state index < -0.39 is 29.4 Å². The minimum Gasteiger partial charge on any atom is -0.444 e. The van der Waals surface area contributed by atoms with Gasteiger partial charge in [-0.2, -0.15) is 0 Å². The number of amides is 1. The number of ether oxygens (including phenoxy) is 1. The number of carbonyl (C=O) groups excluding carboxylic acids is 2. The zero-order valence-electron chi connectivity index (χ0n) is 11.6. The Balaban J connectivity index is 2.68. The van der Waals surface area contributed by atoms with Gasteiger partial charge in [-0.15, -0.1) is 0 Å². The average molecular weight is 285 g/mol. The normalized spacial score (nSPS) is 12.7. The molecule has 1 N–H and O–H groups in total. The summed E-state index contributed by atoms with van der Waals surface area (Å²) in [4.78, 5) is 22.4. The third-order valence-electron chi connectivity index (χ3n) is 2.24. The molecule has 1 amide bonds. The molecule has 1 aromatic rings. The van der Waals surface area contributed by atoms with Crippen molar-refractivity contribution in [1.29, 1.82) is 0 Å². The van der Waals surface area contributed by atoms with Gasteiger partial charge < -0.3 is 14.8 Å². The molecule has 0 aromatic heterocycles. The van der Waals surface area contributed by atoms with Gasteiger partial charge in [-0.3, -0.25) is 0 Å². The first-order valence-corrected chi connectivity index (χ1v) is 6.09. The summed E-state index contributed by atoms with van der Waals surface area (Å²) in [5.41, 5.74) is -0.418. The molecule has 110 valence electrons. The van der Waals surface area contributed by atoms with Crippen molar-refractivity contribution in [3.05, 3.63) is 35.4 Å². The summed E-state index contributed by atoms with van der Waals surface area (Å²) in [5, 5.41) is 2.34. The quantitative estimate of drug-likeness (QED) is 0.865. The topological polar surface area (TPSA) is 55.4 Å². The molecule has 0 saturated carbocycles. The lowest BCUT2D eigenvalue weighted by Gasteiger charge is -2.21. The lowest BCUT2D eigenvalue weighted by Crippen LogP contribution is -2.41. The molecule has 1 aromatic carbocycles. The smallest absolute Gasteiger partial charge is 0.408 e. The van der Waals surface area contributed by atoms with Crippen molar-refractivity contribution < 1.29 is 23.1 Å². The lowest BCUT2D eigenvalue weighted by atomic mass is 10.1. The fraction of sp³-hybridized carbons (Fsp3) is 0.429. The predicted molar refractivity (Wildman–Crippen MR) is 69.3 cm³/mol. The van der Waals surface area contributed by atoms with Crippen LogP contribution in [0, 0.1) is 11.6 Å². The number of hydrogen-bond acceptors (Lipinski definition) is 3. The largest absolute Gasteiger partial charge is 0.444 e. The van der Waals surface area contributed by atoms with Gasteiger partial charge in [0.2, 0.25) is 0 Å². The number of aldehydes is 1. The molecule has 0 saturated heterocycles. The monoisotopic (exact) mass is 285 g/mol. The second kappa shape index (κ2) is 6.45. The van der Waals surface area contributed by atoms with Crippen molar-refractivity contribution >= 4 is 12.4 Å². The van der Waals surface area contributed by atoms with Crippen LogP contribution in [0.2, 0.25) is 0 Å². The van der Waals surface area contributed by atoms with Crippen molar-refractivity contribution in [2.75, 3.05) is 0 Å². The molecule has 0 aliphatic heterocycles. The lowest BCUT2D eigenvalue weighted by molar-refractivity contribution is -0.109. The molecule has 1 rings (SSSR count). The molecule has 6 heteroatoms. The highest BCUT2D eigenvalue weighted by atomic mass is 19.1. The molecular weight excluding hydrogens is 268 g/mol. The van der Waals surface area contributed by atoms with E-state index in [0.717, 1.165) is 18.2 Å². The SMILES string of the molecule is CC(C)(C)OC(=O)NC(C=O)Cc1cc(F)cc(F)c1. The van der Waals surface area contributed by atoms with Crippen LogP contribution >= 0.6 is 0 Å². The first kappa shape index (κ1) is 16.1. The molecule has 0 bridgehead atoms. The zero-order valence-corrected chi connectivity index (χ0v) is 11.6. The third kappa shape index (κ3) is 5.77. The van der Waals surface area contributed by atoms with Crippen LogP contribution < -0.4 is 5.32 Å². The highest BCUT2D eigenvalue weighted by Gasteiger charge is 2.19. The Morgan fingerprint density at radius 1 is 1.30 bits per heavy atom. The van der Waals surface area contributed by atoms with Crippen molar-refractivity contribution in [2.45, 2.75) is 38.8 Å². The van der Waals surface area contributed by atoms with Gasteiger partial charge in [0, 0.05) is 6.07 Å². The number of benzene rings is 1. The summed E-state index contributed by atoms with van der Waals surface area (Å²) >= 11 is 0. The Bertz CT molecular complexity index is 477. The molecule has 4 nitrogen and oxygen atoms in total. The average Bonchev–Trinajstić information content (AvgIpc) is 2.23.